The Morgan fingerprint density at radius 2 is 2.25 bits per heavy atom. The van der Waals surface area contributed by atoms with Crippen LogP contribution >= 0.6 is 27.3 Å². The highest BCUT2D eigenvalue weighted by Gasteiger charge is 2.09. The number of nitrogens with two attached hydrogens (primary N) is 1. The Hall–Kier alpha value is 0.0900. The minimum absolute atomic E-state index is 0.0793. The molecule has 0 aliphatic carbocycles. The van der Waals surface area contributed by atoms with E-state index in [0.717, 1.165) is 14.2 Å². The third kappa shape index (κ3) is 2.85. The lowest BCUT2D eigenvalue weighted by Gasteiger charge is -1.91. The Kier molecular flexibility index (Phi) is 2.92. The zero-order valence-electron chi connectivity index (χ0n) is 6.37. The first-order valence-electron chi connectivity index (χ1n) is 3.14. The van der Waals surface area contributed by atoms with E-state index in [9.17, 15) is 8.42 Å². The van der Waals surface area contributed by atoms with Crippen LogP contribution < -0.4 is 5.14 Å². The zero-order valence-corrected chi connectivity index (χ0v) is 9.59. The highest BCUT2D eigenvalue weighted by atomic mass is 79.9. The Morgan fingerprint density at radius 1 is 1.67 bits per heavy atom. The van der Waals surface area contributed by atoms with Crippen LogP contribution in [0.5, 0.6) is 0 Å². The summed E-state index contributed by atoms with van der Waals surface area (Å²) in [6.07, 6.45) is 0. The van der Waals surface area contributed by atoms with Crippen molar-refractivity contribution >= 4 is 37.3 Å². The van der Waals surface area contributed by atoms with Crippen molar-refractivity contribution in [2.45, 2.75) is 12.7 Å². The molecule has 0 aliphatic rings. The van der Waals surface area contributed by atoms with Crippen molar-refractivity contribution in [3.63, 3.8) is 0 Å². The number of rotatable bonds is 2. The van der Waals surface area contributed by atoms with Crippen LogP contribution in [0.1, 0.15) is 10.4 Å². The topological polar surface area (TPSA) is 60.2 Å². The first-order chi connectivity index (χ1) is 5.38. The van der Waals surface area contributed by atoms with Gasteiger partial charge in [-0.1, -0.05) is 0 Å². The fourth-order valence-electron chi connectivity index (χ4n) is 0.793. The zero-order chi connectivity index (χ0) is 9.35. The van der Waals surface area contributed by atoms with Crippen LogP contribution in [0.25, 0.3) is 0 Å². The molecule has 1 rings (SSSR count). The van der Waals surface area contributed by atoms with Crippen LogP contribution in [0.2, 0.25) is 0 Å². The summed E-state index contributed by atoms with van der Waals surface area (Å²) in [5.41, 5.74) is 1.04. The SMILES string of the molecule is Cc1cc(CS(N)(=O)=O)sc1Br. The normalized spacial score (nSPS) is 11.9. The van der Waals surface area contributed by atoms with Gasteiger partial charge in [0.1, 0.15) is 0 Å². The molecule has 6 heteroatoms. The van der Waals surface area contributed by atoms with Crippen molar-refractivity contribution in [1.82, 2.24) is 0 Å². The van der Waals surface area contributed by atoms with E-state index in [4.69, 9.17) is 5.14 Å². The Balaban J connectivity index is 2.92. The third-order valence-electron chi connectivity index (χ3n) is 1.25. The maximum absolute atomic E-state index is 10.7. The van der Waals surface area contributed by atoms with Crippen LogP contribution in [0.15, 0.2) is 9.85 Å². The molecule has 0 saturated heterocycles. The summed E-state index contributed by atoms with van der Waals surface area (Å²) in [6, 6.07) is 1.82. The number of hydrogen-bond acceptors (Lipinski definition) is 3. The van der Waals surface area contributed by atoms with Crippen LogP contribution in [-0.4, -0.2) is 8.42 Å². The van der Waals surface area contributed by atoms with Gasteiger partial charge in [-0.05, 0) is 34.5 Å². The van der Waals surface area contributed by atoms with E-state index in [1.54, 1.807) is 0 Å². The third-order valence-corrected chi connectivity index (χ3v) is 4.28. The standard InChI is InChI=1S/C6H8BrNO2S2/c1-4-2-5(11-6(4)7)3-12(8,9)10/h2H,3H2,1H3,(H2,8,9,10). The number of halogens is 1. The molecule has 12 heavy (non-hydrogen) atoms. The quantitative estimate of drug-likeness (QED) is 0.887. The van der Waals surface area contributed by atoms with Crippen molar-refractivity contribution in [2.24, 2.45) is 5.14 Å². The van der Waals surface area contributed by atoms with E-state index in [-0.39, 0.29) is 5.75 Å². The van der Waals surface area contributed by atoms with E-state index in [1.807, 2.05) is 13.0 Å². The van der Waals surface area contributed by atoms with Crippen LogP contribution in [0.3, 0.4) is 0 Å². The Morgan fingerprint density at radius 3 is 2.58 bits per heavy atom. The number of primary sulfonamides is 1. The van der Waals surface area contributed by atoms with Crippen molar-refractivity contribution in [1.29, 1.82) is 0 Å². The van der Waals surface area contributed by atoms with Gasteiger partial charge >= 0.3 is 0 Å². The summed E-state index contributed by atoms with van der Waals surface area (Å²) in [5.74, 6) is -0.0793. The van der Waals surface area contributed by atoms with E-state index in [1.165, 1.54) is 11.3 Å². The monoisotopic (exact) mass is 269 g/mol. The molecule has 0 atom stereocenters. The fraction of sp³-hybridized carbons (Fsp3) is 0.333. The summed E-state index contributed by atoms with van der Waals surface area (Å²) in [4.78, 5) is 0.766. The van der Waals surface area contributed by atoms with Gasteiger partial charge in [0.25, 0.3) is 0 Å². The summed E-state index contributed by atoms with van der Waals surface area (Å²) in [6.45, 7) is 1.91. The van der Waals surface area contributed by atoms with Crippen LogP contribution in [-0.2, 0) is 15.8 Å². The molecule has 0 spiro atoms. The van der Waals surface area contributed by atoms with Gasteiger partial charge in [-0.25, -0.2) is 13.6 Å². The largest absolute Gasteiger partial charge is 0.228 e. The minimum atomic E-state index is -3.39. The molecule has 2 N–H and O–H groups in total. The molecule has 68 valence electrons. The maximum atomic E-state index is 10.7. The van der Waals surface area contributed by atoms with Crippen molar-refractivity contribution in [3.8, 4) is 0 Å². The molecular weight excluding hydrogens is 262 g/mol. The van der Waals surface area contributed by atoms with Gasteiger partial charge in [0.15, 0.2) is 0 Å². The summed E-state index contributed by atoms with van der Waals surface area (Å²) >= 11 is 4.71. The van der Waals surface area contributed by atoms with Gasteiger partial charge in [0, 0.05) is 4.88 Å². The van der Waals surface area contributed by atoms with Crippen molar-refractivity contribution in [3.05, 3.63) is 20.3 Å². The minimum Gasteiger partial charge on any atom is -0.228 e. The molecule has 0 bridgehead atoms. The van der Waals surface area contributed by atoms with Gasteiger partial charge in [-0.2, -0.15) is 0 Å². The van der Waals surface area contributed by atoms with E-state index in [2.05, 4.69) is 15.9 Å². The smallest absolute Gasteiger partial charge is 0.214 e. The molecule has 0 amide bonds. The van der Waals surface area contributed by atoms with Gasteiger partial charge in [-0.3, -0.25) is 0 Å². The molecule has 0 fully saturated rings. The van der Waals surface area contributed by atoms with E-state index >= 15 is 0 Å². The number of thiophene rings is 1. The molecule has 0 aromatic carbocycles. The lowest BCUT2D eigenvalue weighted by molar-refractivity contribution is 0.597. The van der Waals surface area contributed by atoms with Gasteiger partial charge in [0.05, 0.1) is 9.54 Å². The first-order valence-corrected chi connectivity index (χ1v) is 6.46. The predicted molar refractivity (Wildman–Crippen MR) is 53.6 cm³/mol. The van der Waals surface area contributed by atoms with Gasteiger partial charge < -0.3 is 0 Å². The molecule has 0 saturated carbocycles. The van der Waals surface area contributed by atoms with Gasteiger partial charge in [-0.15, -0.1) is 11.3 Å². The Bertz CT molecular complexity index is 363. The second kappa shape index (κ2) is 3.45. The van der Waals surface area contributed by atoms with E-state index in [0.29, 0.717) is 0 Å². The molecule has 0 radical (unpaired) electrons. The van der Waals surface area contributed by atoms with Crippen LogP contribution in [0.4, 0.5) is 0 Å². The second-order valence-electron chi connectivity index (χ2n) is 2.48. The molecule has 1 aromatic rings. The molecule has 0 unspecified atom stereocenters. The maximum Gasteiger partial charge on any atom is 0.214 e. The average molecular weight is 270 g/mol. The van der Waals surface area contributed by atoms with Crippen LogP contribution in [0, 0.1) is 6.92 Å². The average Bonchev–Trinajstić information content (AvgIpc) is 2.07. The highest BCUT2D eigenvalue weighted by Crippen LogP contribution is 2.27. The predicted octanol–water partition coefficient (Wildman–Crippen LogP) is 1.61. The number of sulfonamides is 1. The van der Waals surface area contributed by atoms with Crippen molar-refractivity contribution < 1.29 is 8.42 Å². The lowest BCUT2D eigenvalue weighted by atomic mass is 10.4. The van der Waals surface area contributed by atoms with Gasteiger partial charge in [0.2, 0.25) is 10.0 Å². The number of aryl methyl sites for hydroxylation is 1. The lowest BCUT2D eigenvalue weighted by Crippen LogP contribution is -2.13. The van der Waals surface area contributed by atoms with E-state index < -0.39 is 10.0 Å². The molecule has 1 heterocycles. The first kappa shape index (κ1) is 10.2. The number of hydrogen-bond donors (Lipinski definition) is 1. The molecule has 0 aliphatic heterocycles. The summed E-state index contributed by atoms with van der Waals surface area (Å²) in [5, 5.41) is 4.89. The Labute approximate surface area is 83.8 Å². The second-order valence-corrected chi connectivity index (χ2v) is 6.55. The van der Waals surface area contributed by atoms with Crippen molar-refractivity contribution in [2.75, 3.05) is 0 Å². The molecular formula is C6H8BrNO2S2. The highest BCUT2D eigenvalue weighted by molar-refractivity contribution is 9.11. The fourth-order valence-corrected chi connectivity index (χ4v) is 3.43. The summed E-state index contributed by atoms with van der Waals surface area (Å²) in [7, 11) is -3.39. The molecule has 3 nitrogen and oxygen atoms in total. The summed E-state index contributed by atoms with van der Waals surface area (Å²) < 4.78 is 22.3. The molecule has 1 aromatic heterocycles.